The Morgan fingerprint density at radius 1 is 1.39 bits per heavy atom. The van der Waals surface area contributed by atoms with E-state index in [2.05, 4.69) is 20.5 Å². The normalized spacial score (nSPS) is 11.0. The zero-order chi connectivity index (χ0) is 15.9. The fraction of sp³-hybridized carbons (Fsp3) is 0.400. The minimum Gasteiger partial charge on any atom is -0.357 e. The van der Waals surface area contributed by atoms with E-state index in [9.17, 15) is 0 Å². The van der Waals surface area contributed by atoms with Gasteiger partial charge in [-0.3, -0.25) is 0 Å². The lowest BCUT2D eigenvalue weighted by Gasteiger charge is -2.22. The summed E-state index contributed by atoms with van der Waals surface area (Å²) >= 11 is 6.22. The van der Waals surface area contributed by atoms with Gasteiger partial charge in [-0.15, -0.1) is 34.2 Å². The molecule has 1 heterocycles. The molecule has 0 radical (unpaired) electrons. The second kappa shape index (κ2) is 9.71. The number of rotatable bonds is 5. The first-order valence-corrected chi connectivity index (χ1v) is 7.55. The molecule has 1 N–H and O–H groups in total. The molecule has 0 amide bonds. The Labute approximate surface area is 159 Å². The molecule has 0 saturated carbocycles. The standard InChI is InChI=1S/C15H21ClN6.HI/c1-4-17-15(18-9-14-20-19-11-22(14)3)21(2)10-12-7-5-6-8-13(12)16;/h5-8,11H,4,9-10H2,1-3H3,(H,17,18);1H. The van der Waals surface area contributed by atoms with E-state index in [1.54, 1.807) is 6.33 Å². The summed E-state index contributed by atoms with van der Waals surface area (Å²) in [6.07, 6.45) is 1.67. The number of aryl methyl sites for hydroxylation is 1. The van der Waals surface area contributed by atoms with Gasteiger partial charge in [-0.2, -0.15) is 0 Å². The minimum atomic E-state index is 0. The van der Waals surface area contributed by atoms with E-state index in [1.165, 1.54) is 0 Å². The first-order valence-electron chi connectivity index (χ1n) is 7.17. The second-order valence-electron chi connectivity index (χ2n) is 4.98. The molecule has 2 rings (SSSR count). The van der Waals surface area contributed by atoms with Gasteiger partial charge in [0.2, 0.25) is 0 Å². The Balaban J connectivity index is 0.00000264. The van der Waals surface area contributed by atoms with Crippen molar-refractivity contribution in [2.45, 2.75) is 20.0 Å². The third kappa shape index (κ3) is 5.65. The Bertz CT molecular complexity index is 642. The van der Waals surface area contributed by atoms with Crippen LogP contribution in [0.25, 0.3) is 0 Å². The van der Waals surface area contributed by atoms with E-state index in [1.807, 2.05) is 54.8 Å². The van der Waals surface area contributed by atoms with E-state index >= 15 is 0 Å². The van der Waals surface area contributed by atoms with Gasteiger partial charge in [-0.05, 0) is 18.6 Å². The largest absolute Gasteiger partial charge is 0.357 e. The number of nitrogens with one attached hydrogen (secondary N) is 1. The quantitative estimate of drug-likeness (QED) is 0.434. The van der Waals surface area contributed by atoms with Crippen molar-refractivity contribution in [3.8, 4) is 0 Å². The maximum atomic E-state index is 6.22. The van der Waals surface area contributed by atoms with Gasteiger partial charge in [0.1, 0.15) is 12.9 Å². The lowest BCUT2D eigenvalue weighted by molar-refractivity contribution is 0.476. The molecule has 0 unspecified atom stereocenters. The van der Waals surface area contributed by atoms with Crippen LogP contribution < -0.4 is 5.32 Å². The molecular weight excluding hydrogens is 427 g/mol. The number of aliphatic imine (C=N–C) groups is 1. The number of aromatic nitrogens is 3. The first-order chi connectivity index (χ1) is 10.6. The van der Waals surface area contributed by atoms with E-state index in [-0.39, 0.29) is 24.0 Å². The Hall–Kier alpha value is -1.35. The summed E-state index contributed by atoms with van der Waals surface area (Å²) in [5, 5.41) is 11.9. The molecular formula is C15H22ClIN6. The molecule has 0 spiro atoms. The smallest absolute Gasteiger partial charge is 0.194 e. The van der Waals surface area contributed by atoms with Crippen LogP contribution in [0, 0.1) is 0 Å². The van der Waals surface area contributed by atoms with Crippen LogP contribution in [0.5, 0.6) is 0 Å². The molecule has 0 atom stereocenters. The number of benzene rings is 1. The Morgan fingerprint density at radius 2 is 2.13 bits per heavy atom. The van der Waals surface area contributed by atoms with Crippen molar-refractivity contribution in [1.29, 1.82) is 0 Å². The maximum absolute atomic E-state index is 6.22. The van der Waals surface area contributed by atoms with Crippen molar-refractivity contribution in [2.75, 3.05) is 13.6 Å². The van der Waals surface area contributed by atoms with Crippen LogP contribution >= 0.6 is 35.6 Å². The van der Waals surface area contributed by atoms with Gasteiger partial charge < -0.3 is 14.8 Å². The van der Waals surface area contributed by atoms with Crippen molar-refractivity contribution in [2.24, 2.45) is 12.0 Å². The molecule has 23 heavy (non-hydrogen) atoms. The minimum absolute atomic E-state index is 0. The van der Waals surface area contributed by atoms with Gasteiger partial charge in [-0.25, -0.2) is 4.99 Å². The van der Waals surface area contributed by atoms with Crippen LogP contribution in [0.1, 0.15) is 18.3 Å². The third-order valence-corrected chi connectivity index (χ3v) is 3.61. The highest BCUT2D eigenvalue weighted by atomic mass is 127. The van der Waals surface area contributed by atoms with E-state index in [0.29, 0.717) is 13.1 Å². The molecule has 2 aromatic rings. The first kappa shape index (κ1) is 19.7. The van der Waals surface area contributed by atoms with Crippen LogP contribution in [0.4, 0.5) is 0 Å². The van der Waals surface area contributed by atoms with E-state index in [4.69, 9.17) is 11.6 Å². The number of halogens is 2. The number of guanidine groups is 1. The van der Waals surface area contributed by atoms with Crippen LogP contribution in [0.3, 0.4) is 0 Å². The highest BCUT2D eigenvalue weighted by Crippen LogP contribution is 2.16. The van der Waals surface area contributed by atoms with Crippen LogP contribution in [0.2, 0.25) is 5.02 Å². The summed E-state index contributed by atoms with van der Waals surface area (Å²) in [5.74, 6) is 1.63. The van der Waals surface area contributed by atoms with Gasteiger partial charge in [0.15, 0.2) is 11.8 Å². The predicted octanol–water partition coefficient (Wildman–Crippen LogP) is 2.68. The average Bonchev–Trinajstić information content (AvgIpc) is 2.91. The van der Waals surface area contributed by atoms with Crippen LogP contribution in [-0.2, 0) is 20.1 Å². The van der Waals surface area contributed by atoms with E-state index < -0.39 is 0 Å². The van der Waals surface area contributed by atoms with Gasteiger partial charge in [0.05, 0.1) is 0 Å². The second-order valence-corrected chi connectivity index (χ2v) is 5.38. The zero-order valence-electron chi connectivity index (χ0n) is 13.5. The summed E-state index contributed by atoms with van der Waals surface area (Å²) in [6.45, 7) is 4.00. The molecule has 0 fully saturated rings. The molecule has 1 aromatic carbocycles. The van der Waals surface area contributed by atoms with Crippen molar-refractivity contribution in [3.63, 3.8) is 0 Å². The lowest BCUT2D eigenvalue weighted by atomic mass is 10.2. The zero-order valence-corrected chi connectivity index (χ0v) is 16.6. The topological polar surface area (TPSA) is 58.3 Å². The Kier molecular flexibility index (Phi) is 8.32. The van der Waals surface area contributed by atoms with Gasteiger partial charge in [0, 0.05) is 32.2 Å². The Morgan fingerprint density at radius 3 is 2.74 bits per heavy atom. The summed E-state index contributed by atoms with van der Waals surface area (Å²) < 4.78 is 1.86. The molecule has 6 nitrogen and oxygen atoms in total. The highest BCUT2D eigenvalue weighted by Gasteiger charge is 2.09. The lowest BCUT2D eigenvalue weighted by Crippen LogP contribution is -2.38. The summed E-state index contributed by atoms with van der Waals surface area (Å²) in [6, 6.07) is 7.83. The van der Waals surface area contributed by atoms with E-state index in [0.717, 1.165) is 28.9 Å². The summed E-state index contributed by atoms with van der Waals surface area (Å²) in [7, 11) is 3.90. The van der Waals surface area contributed by atoms with Gasteiger partial charge in [0.25, 0.3) is 0 Å². The predicted molar refractivity (Wildman–Crippen MR) is 104 cm³/mol. The van der Waals surface area contributed by atoms with Crippen molar-refractivity contribution < 1.29 is 0 Å². The third-order valence-electron chi connectivity index (χ3n) is 3.24. The van der Waals surface area contributed by atoms with Crippen LogP contribution in [-0.4, -0.2) is 39.2 Å². The SMILES string of the molecule is CCNC(=NCc1nncn1C)N(C)Cc1ccccc1Cl.I. The molecule has 0 aliphatic heterocycles. The number of hydrogen-bond acceptors (Lipinski definition) is 3. The molecule has 0 aliphatic carbocycles. The molecule has 8 heteroatoms. The van der Waals surface area contributed by atoms with Crippen LogP contribution in [0.15, 0.2) is 35.6 Å². The summed E-state index contributed by atoms with van der Waals surface area (Å²) in [5.41, 5.74) is 1.07. The molecule has 0 saturated heterocycles. The van der Waals surface area contributed by atoms with Crippen molar-refractivity contribution >= 4 is 41.5 Å². The monoisotopic (exact) mass is 448 g/mol. The molecule has 126 valence electrons. The van der Waals surface area contributed by atoms with Crippen molar-refractivity contribution in [1.82, 2.24) is 25.0 Å². The van der Waals surface area contributed by atoms with Crippen molar-refractivity contribution in [3.05, 3.63) is 47.0 Å². The molecule has 1 aromatic heterocycles. The molecule has 0 aliphatic rings. The highest BCUT2D eigenvalue weighted by molar-refractivity contribution is 14.0. The maximum Gasteiger partial charge on any atom is 0.194 e. The number of nitrogens with zero attached hydrogens (tertiary/aromatic N) is 5. The average molecular weight is 449 g/mol. The summed E-state index contributed by atoms with van der Waals surface area (Å²) in [4.78, 5) is 6.65. The fourth-order valence-corrected chi connectivity index (χ4v) is 2.22. The molecule has 0 bridgehead atoms. The fourth-order valence-electron chi connectivity index (χ4n) is 2.02. The van der Waals surface area contributed by atoms with Gasteiger partial charge >= 0.3 is 0 Å². The number of hydrogen-bond donors (Lipinski definition) is 1. The van der Waals surface area contributed by atoms with Gasteiger partial charge in [-0.1, -0.05) is 29.8 Å².